The van der Waals surface area contributed by atoms with Gasteiger partial charge >= 0.3 is 5.97 Å². The molecule has 1 saturated heterocycles. The smallest absolute Gasteiger partial charge is 0.339 e. The van der Waals surface area contributed by atoms with E-state index in [0.29, 0.717) is 43.5 Å². The summed E-state index contributed by atoms with van der Waals surface area (Å²) in [6, 6.07) is 16.6. The number of carbonyl (C=O) groups is 3. The van der Waals surface area contributed by atoms with E-state index in [9.17, 15) is 14.4 Å². The first-order chi connectivity index (χ1) is 13.6. The standard InChI is InChI=1S/C23H23NO4/c25-20(17-8-2-1-3-9-17)12-6-13-21(26)24-15-7-14-23(16-24)19-11-5-4-10-18(19)22(27)28-23/h1-5,8-11H,6-7,12-16H2. The molecule has 2 aliphatic rings. The van der Waals surface area contributed by atoms with Crippen LogP contribution in [0.5, 0.6) is 0 Å². The highest BCUT2D eigenvalue weighted by Gasteiger charge is 2.48. The summed E-state index contributed by atoms with van der Waals surface area (Å²) < 4.78 is 5.75. The van der Waals surface area contributed by atoms with Crippen LogP contribution in [0.25, 0.3) is 0 Å². The number of amides is 1. The Labute approximate surface area is 164 Å². The number of ether oxygens (including phenoxy) is 1. The van der Waals surface area contributed by atoms with Crippen molar-refractivity contribution in [3.63, 3.8) is 0 Å². The first-order valence-electron chi connectivity index (χ1n) is 9.78. The van der Waals surface area contributed by atoms with Crippen molar-refractivity contribution in [2.24, 2.45) is 0 Å². The number of esters is 1. The second-order valence-corrected chi connectivity index (χ2v) is 7.49. The zero-order valence-corrected chi connectivity index (χ0v) is 15.7. The van der Waals surface area contributed by atoms with Crippen LogP contribution in [0, 0.1) is 0 Å². The molecule has 0 N–H and O–H groups in total. The molecular formula is C23H23NO4. The largest absolute Gasteiger partial charge is 0.449 e. The van der Waals surface area contributed by atoms with Crippen LogP contribution in [0.4, 0.5) is 0 Å². The Morgan fingerprint density at radius 1 is 1.00 bits per heavy atom. The van der Waals surface area contributed by atoms with Gasteiger partial charge in [0.1, 0.15) is 0 Å². The fourth-order valence-corrected chi connectivity index (χ4v) is 4.21. The van der Waals surface area contributed by atoms with Crippen LogP contribution in [0.15, 0.2) is 54.6 Å². The Morgan fingerprint density at radius 2 is 1.75 bits per heavy atom. The van der Waals surface area contributed by atoms with Crippen LogP contribution >= 0.6 is 0 Å². The van der Waals surface area contributed by atoms with Crippen LogP contribution in [-0.4, -0.2) is 35.6 Å². The maximum absolute atomic E-state index is 12.7. The van der Waals surface area contributed by atoms with Crippen molar-refractivity contribution in [2.75, 3.05) is 13.1 Å². The molecule has 0 aromatic heterocycles. The molecule has 0 bridgehead atoms. The van der Waals surface area contributed by atoms with Gasteiger partial charge in [-0.3, -0.25) is 9.59 Å². The molecule has 144 valence electrons. The van der Waals surface area contributed by atoms with Gasteiger partial charge in [0.25, 0.3) is 0 Å². The van der Waals surface area contributed by atoms with Crippen molar-refractivity contribution >= 4 is 17.7 Å². The van der Waals surface area contributed by atoms with Gasteiger partial charge in [-0.15, -0.1) is 0 Å². The third-order valence-electron chi connectivity index (χ3n) is 5.62. The molecule has 5 nitrogen and oxygen atoms in total. The number of fused-ring (bicyclic) bond motifs is 2. The minimum absolute atomic E-state index is 0.0142. The van der Waals surface area contributed by atoms with Crippen molar-refractivity contribution in [1.82, 2.24) is 4.90 Å². The van der Waals surface area contributed by atoms with Gasteiger partial charge in [0.15, 0.2) is 11.4 Å². The Bertz CT molecular complexity index is 908. The average Bonchev–Trinajstić information content (AvgIpc) is 3.00. The third-order valence-corrected chi connectivity index (χ3v) is 5.62. The fourth-order valence-electron chi connectivity index (χ4n) is 4.21. The number of nitrogens with zero attached hydrogens (tertiary/aromatic N) is 1. The van der Waals surface area contributed by atoms with E-state index in [1.165, 1.54) is 0 Å². The number of piperidine rings is 1. The van der Waals surface area contributed by atoms with Gasteiger partial charge < -0.3 is 9.64 Å². The molecule has 2 heterocycles. The highest BCUT2D eigenvalue weighted by Crippen LogP contribution is 2.42. The van der Waals surface area contributed by atoms with Crippen LogP contribution in [-0.2, 0) is 15.1 Å². The van der Waals surface area contributed by atoms with Crippen molar-refractivity contribution in [2.45, 2.75) is 37.7 Å². The first kappa shape index (κ1) is 18.4. The summed E-state index contributed by atoms with van der Waals surface area (Å²) in [7, 11) is 0. The molecule has 1 spiro atoms. The lowest BCUT2D eigenvalue weighted by molar-refractivity contribution is -0.138. The van der Waals surface area contributed by atoms with Gasteiger partial charge in [0, 0.05) is 30.5 Å². The number of hydrogen-bond donors (Lipinski definition) is 0. The average molecular weight is 377 g/mol. The van der Waals surface area contributed by atoms with Crippen molar-refractivity contribution in [1.29, 1.82) is 0 Å². The van der Waals surface area contributed by atoms with Gasteiger partial charge in [-0.25, -0.2) is 4.79 Å². The first-order valence-corrected chi connectivity index (χ1v) is 9.78. The molecule has 1 atom stereocenters. The summed E-state index contributed by atoms with van der Waals surface area (Å²) in [5.41, 5.74) is 1.45. The second kappa shape index (κ2) is 7.58. The van der Waals surface area contributed by atoms with Gasteiger partial charge in [-0.2, -0.15) is 0 Å². The number of carbonyl (C=O) groups excluding carboxylic acids is 3. The monoisotopic (exact) mass is 377 g/mol. The summed E-state index contributed by atoms with van der Waals surface area (Å²) in [5, 5.41) is 0. The molecule has 1 amide bonds. The topological polar surface area (TPSA) is 63.7 Å². The number of benzene rings is 2. The summed E-state index contributed by atoms with van der Waals surface area (Å²) in [5.74, 6) is -0.235. The van der Waals surface area contributed by atoms with E-state index in [1.54, 1.807) is 23.1 Å². The van der Waals surface area contributed by atoms with Crippen LogP contribution in [0.3, 0.4) is 0 Å². The Balaban J connectivity index is 1.37. The number of likely N-dealkylation sites (tertiary alicyclic amines) is 1. The quantitative estimate of drug-likeness (QED) is 0.588. The predicted octanol–water partition coefficient (Wildman–Crippen LogP) is 3.73. The number of rotatable bonds is 5. The molecule has 28 heavy (non-hydrogen) atoms. The molecule has 1 fully saturated rings. The molecule has 5 heteroatoms. The normalized spacial score (nSPS) is 20.7. The fraction of sp³-hybridized carbons (Fsp3) is 0.348. The predicted molar refractivity (Wildman–Crippen MR) is 104 cm³/mol. The maximum atomic E-state index is 12.7. The van der Waals surface area contributed by atoms with Gasteiger partial charge in [0.05, 0.1) is 12.1 Å². The number of Topliss-reactive ketones (excluding diaryl/α,β-unsaturated/α-hetero) is 1. The summed E-state index contributed by atoms with van der Waals surface area (Å²) in [4.78, 5) is 38.9. The molecule has 2 aromatic carbocycles. The van der Waals surface area contributed by atoms with E-state index in [0.717, 1.165) is 18.4 Å². The minimum Gasteiger partial charge on any atom is -0.449 e. The van der Waals surface area contributed by atoms with Crippen molar-refractivity contribution in [3.05, 3.63) is 71.3 Å². The molecule has 2 aliphatic heterocycles. The Kier molecular flexibility index (Phi) is 4.99. The molecule has 4 rings (SSSR count). The van der Waals surface area contributed by atoms with E-state index in [-0.39, 0.29) is 17.7 Å². The molecule has 0 aliphatic carbocycles. The van der Waals surface area contributed by atoms with Gasteiger partial charge in [0.2, 0.25) is 5.91 Å². The summed E-state index contributed by atoms with van der Waals surface area (Å²) in [6.07, 6.45) is 2.71. The lowest BCUT2D eigenvalue weighted by atomic mass is 9.85. The lowest BCUT2D eigenvalue weighted by Gasteiger charge is -2.39. The van der Waals surface area contributed by atoms with Crippen LogP contribution < -0.4 is 0 Å². The Morgan fingerprint density at radius 3 is 2.57 bits per heavy atom. The van der Waals surface area contributed by atoms with E-state index in [1.807, 2.05) is 36.4 Å². The van der Waals surface area contributed by atoms with Gasteiger partial charge in [-0.1, -0.05) is 48.5 Å². The summed E-state index contributed by atoms with van der Waals surface area (Å²) in [6.45, 7) is 1.05. The maximum Gasteiger partial charge on any atom is 0.339 e. The van der Waals surface area contributed by atoms with E-state index >= 15 is 0 Å². The minimum atomic E-state index is -0.721. The van der Waals surface area contributed by atoms with Crippen molar-refractivity contribution < 1.29 is 19.1 Å². The lowest BCUT2D eigenvalue weighted by Crippen LogP contribution is -2.48. The van der Waals surface area contributed by atoms with Crippen molar-refractivity contribution in [3.8, 4) is 0 Å². The van der Waals surface area contributed by atoms with Gasteiger partial charge in [-0.05, 0) is 25.3 Å². The molecular weight excluding hydrogens is 354 g/mol. The number of ketones is 1. The molecule has 0 saturated carbocycles. The zero-order valence-electron chi connectivity index (χ0n) is 15.7. The third kappa shape index (κ3) is 3.44. The van der Waals surface area contributed by atoms with Crippen LogP contribution in [0.2, 0.25) is 0 Å². The molecule has 1 unspecified atom stereocenters. The highest BCUT2D eigenvalue weighted by atomic mass is 16.6. The van der Waals surface area contributed by atoms with E-state index < -0.39 is 5.60 Å². The SMILES string of the molecule is O=C(CCCC(=O)N1CCCC2(C1)OC(=O)c1ccccc12)c1ccccc1. The summed E-state index contributed by atoms with van der Waals surface area (Å²) >= 11 is 0. The van der Waals surface area contributed by atoms with Crippen LogP contribution in [0.1, 0.15) is 58.4 Å². The zero-order chi connectivity index (χ0) is 19.6. The second-order valence-electron chi connectivity index (χ2n) is 7.49. The Hall–Kier alpha value is -2.95. The number of hydrogen-bond acceptors (Lipinski definition) is 4. The van der Waals surface area contributed by atoms with E-state index in [4.69, 9.17) is 4.74 Å². The molecule has 2 aromatic rings. The molecule has 0 radical (unpaired) electrons. The van der Waals surface area contributed by atoms with E-state index in [2.05, 4.69) is 0 Å². The highest BCUT2D eigenvalue weighted by molar-refractivity contribution is 5.96.